The lowest BCUT2D eigenvalue weighted by atomic mass is 10.1. The Kier molecular flexibility index (Phi) is 5.82. The number of nitrogens with two attached hydrogens (primary N) is 1. The van der Waals surface area contributed by atoms with Crippen LogP contribution in [0.1, 0.15) is 30.9 Å². The van der Waals surface area contributed by atoms with Crippen molar-refractivity contribution in [3.05, 3.63) is 29.3 Å². The number of alkyl halides is 3. The molecule has 0 aromatic heterocycles. The average molecular weight is 289 g/mol. The van der Waals surface area contributed by atoms with E-state index >= 15 is 0 Å². The Labute approximate surface area is 115 Å². The number of benzene rings is 1. The Balaban J connectivity index is 2.78. The highest BCUT2D eigenvalue weighted by Crippen LogP contribution is 2.31. The van der Waals surface area contributed by atoms with E-state index in [9.17, 15) is 18.0 Å². The number of amides is 2. The van der Waals surface area contributed by atoms with Gasteiger partial charge < -0.3 is 16.4 Å². The molecule has 0 saturated carbocycles. The zero-order valence-electron chi connectivity index (χ0n) is 11.2. The van der Waals surface area contributed by atoms with Gasteiger partial charge in [-0.25, -0.2) is 4.79 Å². The highest BCUT2D eigenvalue weighted by atomic mass is 19.4. The van der Waals surface area contributed by atoms with Crippen LogP contribution in [0.25, 0.3) is 0 Å². The SMILES string of the molecule is CCCCNC(=O)Nc1ccc(C(F)(F)F)cc1CN. The molecule has 0 spiro atoms. The third kappa shape index (κ3) is 4.73. The van der Waals surface area contributed by atoms with E-state index in [1.54, 1.807) is 0 Å². The first kappa shape index (κ1) is 16.3. The zero-order chi connectivity index (χ0) is 15.2. The van der Waals surface area contributed by atoms with Gasteiger partial charge in [-0.05, 0) is 30.2 Å². The van der Waals surface area contributed by atoms with Crippen molar-refractivity contribution in [2.75, 3.05) is 11.9 Å². The first-order valence-electron chi connectivity index (χ1n) is 6.33. The summed E-state index contributed by atoms with van der Waals surface area (Å²) in [5, 5.41) is 5.12. The maximum atomic E-state index is 12.6. The summed E-state index contributed by atoms with van der Waals surface area (Å²) in [7, 11) is 0. The third-order valence-corrected chi connectivity index (χ3v) is 2.72. The van der Waals surface area contributed by atoms with Crippen LogP contribution in [-0.4, -0.2) is 12.6 Å². The third-order valence-electron chi connectivity index (χ3n) is 2.72. The minimum Gasteiger partial charge on any atom is -0.338 e. The fourth-order valence-corrected chi connectivity index (χ4v) is 1.61. The van der Waals surface area contributed by atoms with Gasteiger partial charge in [0.15, 0.2) is 0 Å². The first-order chi connectivity index (χ1) is 9.38. The quantitative estimate of drug-likeness (QED) is 0.729. The molecular formula is C13H18F3N3O. The standard InChI is InChI=1S/C13H18F3N3O/c1-2-3-6-18-12(20)19-11-5-4-10(13(14,15)16)7-9(11)8-17/h4-5,7H,2-3,6,8,17H2,1H3,(H2,18,19,20). The fraction of sp³-hybridized carbons (Fsp3) is 0.462. The normalized spacial score (nSPS) is 11.2. The number of unbranched alkanes of at least 4 members (excludes halogenated alkanes) is 1. The molecular weight excluding hydrogens is 271 g/mol. The van der Waals surface area contributed by atoms with Crippen LogP contribution in [0.3, 0.4) is 0 Å². The Morgan fingerprint density at radius 1 is 1.35 bits per heavy atom. The van der Waals surface area contributed by atoms with Gasteiger partial charge in [0.25, 0.3) is 0 Å². The maximum absolute atomic E-state index is 12.6. The summed E-state index contributed by atoms with van der Waals surface area (Å²) in [6.07, 6.45) is -2.65. The van der Waals surface area contributed by atoms with E-state index in [-0.39, 0.29) is 17.8 Å². The molecule has 0 fully saturated rings. The van der Waals surface area contributed by atoms with Crippen LogP contribution in [0.4, 0.5) is 23.7 Å². The van der Waals surface area contributed by atoms with Gasteiger partial charge in [-0.3, -0.25) is 0 Å². The summed E-state index contributed by atoms with van der Waals surface area (Å²) in [6.45, 7) is 2.41. The molecule has 4 nitrogen and oxygen atoms in total. The van der Waals surface area contributed by atoms with Crippen molar-refractivity contribution in [2.45, 2.75) is 32.5 Å². The van der Waals surface area contributed by atoms with Gasteiger partial charge in [-0.15, -0.1) is 0 Å². The van der Waals surface area contributed by atoms with Gasteiger partial charge in [0.2, 0.25) is 0 Å². The van der Waals surface area contributed by atoms with E-state index in [0.717, 1.165) is 25.0 Å². The summed E-state index contributed by atoms with van der Waals surface area (Å²) in [5.74, 6) is 0. The van der Waals surface area contributed by atoms with Gasteiger partial charge in [0, 0.05) is 18.8 Å². The van der Waals surface area contributed by atoms with E-state index in [1.165, 1.54) is 6.07 Å². The van der Waals surface area contributed by atoms with Crippen molar-refractivity contribution in [3.8, 4) is 0 Å². The summed E-state index contributed by atoms with van der Waals surface area (Å²) in [5.41, 5.74) is 5.17. The van der Waals surface area contributed by atoms with Crippen LogP contribution < -0.4 is 16.4 Å². The molecule has 0 aliphatic carbocycles. The molecule has 0 heterocycles. The largest absolute Gasteiger partial charge is 0.416 e. The van der Waals surface area contributed by atoms with Gasteiger partial charge in [0.05, 0.1) is 5.56 Å². The molecule has 0 radical (unpaired) electrons. The van der Waals surface area contributed by atoms with Gasteiger partial charge in [0.1, 0.15) is 0 Å². The topological polar surface area (TPSA) is 67.2 Å². The lowest BCUT2D eigenvalue weighted by Gasteiger charge is -2.14. The lowest BCUT2D eigenvalue weighted by molar-refractivity contribution is -0.137. The van der Waals surface area contributed by atoms with Crippen molar-refractivity contribution in [2.24, 2.45) is 5.73 Å². The average Bonchev–Trinajstić information content (AvgIpc) is 2.38. The molecule has 0 saturated heterocycles. The highest BCUT2D eigenvalue weighted by Gasteiger charge is 2.30. The molecule has 2 amide bonds. The summed E-state index contributed by atoms with van der Waals surface area (Å²) in [4.78, 5) is 11.6. The van der Waals surface area contributed by atoms with Crippen molar-refractivity contribution < 1.29 is 18.0 Å². The number of urea groups is 1. The molecule has 0 bridgehead atoms. The van der Waals surface area contributed by atoms with E-state index in [1.807, 2.05) is 6.92 Å². The Morgan fingerprint density at radius 2 is 2.05 bits per heavy atom. The van der Waals surface area contributed by atoms with Crippen LogP contribution >= 0.6 is 0 Å². The molecule has 20 heavy (non-hydrogen) atoms. The van der Waals surface area contributed by atoms with Crippen molar-refractivity contribution in [3.63, 3.8) is 0 Å². The molecule has 112 valence electrons. The molecule has 1 aromatic carbocycles. The van der Waals surface area contributed by atoms with Crippen molar-refractivity contribution in [1.82, 2.24) is 5.32 Å². The van der Waals surface area contributed by atoms with Gasteiger partial charge in [-0.1, -0.05) is 13.3 Å². The first-order valence-corrected chi connectivity index (χ1v) is 6.33. The molecule has 1 rings (SSSR count). The second kappa shape index (κ2) is 7.14. The molecule has 1 aromatic rings. The predicted octanol–water partition coefficient (Wildman–Crippen LogP) is 3.09. The maximum Gasteiger partial charge on any atom is 0.416 e. The lowest BCUT2D eigenvalue weighted by Crippen LogP contribution is -2.30. The number of nitrogens with one attached hydrogen (secondary N) is 2. The number of halogens is 3. The molecule has 0 unspecified atom stereocenters. The van der Waals surface area contributed by atoms with Crippen LogP contribution in [0.15, 0.2) is 18.2 Å². The second-order valence-electron chi connectivity index (χ2n) is 4.31. The van der Waals surface area contributed by atoms with Crippen molar-refractivity contribution in [1.29, 1.82) is 0 Å². The smallest absolute Gasteiger partial charge is 0.338 e. The van der Waals surface area contributed by atoms with E-state index in [0.29, 0.717) is 6.54 Å². The summed E-state index contributed by atoms with van der Waals surface area (Å²) in [6, 6.07) is 2.63. The highest BCUT2D eigenvalue weighted by molar-refractivity contribution is 5.90. The fourth-order valence-electron chi connectivity index (χ4n) is 1.61. The van der Waals surface area contributed by atoms with E-state index in [4.69, 9.17) is 5.73 Å². The molecule has 0 atom stereocenters. The Morgan fingerprint density at radius 3 is 2.60 bits per heavy atom. The number of hydrogen-bond acceptors (Lipinski definition) is 2. The zero-order valence-corrected chi connectivity index (χ0v) is 11.2. The predicted molar refractivity (Wildman–Crippen MR) is 71.3 cm³/mol. The summed E-state index contributed by atoms with van der Waals surface area (Å²) < 4.78 is 37.7. The van der Waals surface area contributed by atoms with Crippen LogP contribution in [0.5, 0.6) is 0 Å². The van der Waals surface area contributed by atoms with Crippen LogP contribution in [-0.2, 0) is 12.7 Å². The molecule has 4 N–H and O–H groups in total. The van der Waals surface area contributed by atoms with E-state index in [2.05, 4.69) is 10.6 Å². The van der Waals surface area contributed by atoms with Gasteiger partial charge in [-0.2, -0.15) is 13.2 Å². The molecule has 7 heteroatoms. The number of hydrogen-bond donors (Lipinski definition) is 3. The number of carbonyl (C=O) groups excluding carboxylic acids is 1. The number of carbonyl (C=O) groups is 1. The van der Waals surface area contributed by atoms with Crippen LogP contribution in [0.2, 0.25) is 0 Å². The monoisotopic (exact) mass is 289 g/mol. The molecule has 0 aliphatic rings. The number of anilines is 1. The summed E-state index contributed by atoms with van der Waals surface area (Å²) >= 11 is 0. The second-order valence-corrected chi connectivity index (χ2v) is 4.31. The molecule has 0 aliphatic heterocycles. The minimum absolute atomic E-state index is 0.0888. The van der Waals surface area contributed by atoms with E-state index < -0.39 is 17.8 Å². The van der Waals surface area contributed by atoms with Gasteiger partial charge >= 0.3 is 12.2 Å². The Hall–Kier alpha value is -1.76. The minimum atomic E-state index is -4.42. The van der Waals surface area contributed by atoms with Crippen LogP contribution in [0, 0.1) is 0 Å². The number of rotatable bonds is 5. The Bertz CT molecular complexity index is 461. The van der Waals surface area contributed by atoms with Crippen molar-refractivity contribution >= 4 is 11.7 Å².